The molecule has 11 heteroatoms. The van der Waals surface area contributed by atoms with Gasteiger partial charge in [-0.05, 0) is 0 Å². The van der Waals surface area contributed by atoms with Crippen LogP contribution >= 0.6 is 34.9 Å². The minimum Gasteiger partial charge on any atom is -0.211 e. The molecule has 8 nitrogen and oxygen atoms in total. The van der Waals surface area contributed by atoms with Crippen LogP contribution in [0.2, 0.25) is 0 Å². The van der Waals surface area contributed by atoms with E-state index in [-0.39, 0.29) is 24.8 Å². The molecule has 1 aromatic heterocycles. The van der Waals surface area contributed by atoms with Gasteiger partial charge in [-0.3, -0.25) is 0 Å². The van der Waals surface area contributed by atoms with Crippen molar-refractivity contribution in [2.75, 3.05) is 11.8 Å². The molecule has 0 aliphatic rings. The van der Waals surface area contributed by atoms with Crippen molar-refractivity contribution in [2.45, 2.75) is 22.9 Å². The molecule has 0 amide bonds. The standard InChI is InChI=1S/C12H8N4O4S3/c17-3-13-1-9-11(21-7-15-5-19)12(22-8-16-6-20)10(23-9)2-14-4-18/h1-2,7-8H2. The zero-order chi connectivity index (χ0) is 16.9. The first-order chi connectivity index (χ1) is 11.3. The quantitative estimate of drug-likeness (QED) is 0.355. The lowest BCUT2D eigenvalue weighted by Crippen LogP contribution is -1.85. The molecule has 1 heterocycles. The molecule has 0 unspecified atom stereocenters. The average Bonchev–Trinajstić information content (AvgIpc) is 2.88. The molecule has 0 bridgehead atoms. The van der Waals surface area contributed by atoms with Gasteiger partial charge in [-0.25, -0.2) is 29.2 Å². The van der Waals surface area contributed by atoms with E-state index in [2.05, 4.69) is 20.0 Å². The Kier molecular flexibility index (Phi) is 9.47. The largest absolute Gasteiger partial charge is 0.235 e. The summed E-state index contributed by atoms with van der Waals surface area (Å²) in [6.45, 7) is 0.216. The van der Waals surface area contributed by atoms with Crippen molar-refractivity contribution in [1.82, 2.24) is 0 Å². The van der Waals surface area contributed by atoms with Crippen molar-refractivity contribution in [3.63, 3.8) is 0 Å². The summed E-state index contributed by atoms with van der Waals surface area (Å²) < 4.78 is 0. The topological polar surface area (TPSA) is 118 Å². The molecule has 0 radical (unpaired) electrons. The summed E-state index contributed by atoms with van der Waals surface area (Å²) >= 11 is 3.82. The highest BCUT2D eigenvalue weighted by Crippen LogP contribution is 2.43. The lowest BCUT2D eigenvalue weighted by atomic mass is 10.4. The maximum atomic E-state index is 10.3. The van der Waals surface area contributed by atoms with Gasteiger partial charge < -0.3 is 0 Å². The van der Waals surface area contributed by atoms with Gasteiger partial charge in [0.05, 0.1) is 13.1 Å². The number of thioether (sulfide) groups is 2. The predicted molar refractivity (Wildman–Crippen MR) is 85.7 cm³/mol. The Morgan fingerprint density at radius 3 is 1.43 bits per heavy atom. The number of carbonyl (C=O) groups excluding carboxylic acids is 4. The van der Waals surface area contributed by atoms with Gasteiger partial charge in [0.1, 0.15) is 11.8 Å². The van der Waals surface area contributed by atoms with Crippen LogP contribution in [0.25, 0.3) is 0 Å². The van der Waals surface area contributed by atoms with E-state index in [9.17, 15) is 19.2 Å². The number of aliphatic imine (C=N–C) groups is 4. The summed E-state index contributed by atoms with van der Waals surface area (Å²) in [5.41, 5.74) is 0. The fourth-order valence-electron chi connectivity index (χ4n) is 1.45. The van der Waals surface area contributed by atoms with E-state index in [0.717, 1.165) is 19.5 Å². The van der Waals surface area contributed by atoms with Crippen molar-refractivity contribution in [3.05, 3.63) is 9.75 Å². The number of nitrogens with zero attached hydrogens (tertiary/aromatic N) is 4. The molecular weight excluding hydrogens is 360 g/mol. The van der Waals surface area contributed by atoms with Gasteiger partial charge in [0.15, 0.2) is 0 Å². The van der Waals surface area contributed by atoms with Gasteiger partial charge >= 0.3 is 0 Å². The summed E-state index contributed by atoms with van der Waals surface area (Å²) in [5, 5.41) is 0. The Bertz CT molecular complexity index is 677. The summed E-state index contributed by atoms with van der Waals surface area (Å²) in [6.07, 6.45) is 5.80. The molecule has 1 rings (SSSR count). The Hall–Kier alpha value is -2.08. The van der Waals surface area contributed by atoms with E-state index in [1.165, 1.54) is 59.2 Å². The number of rotatable bonds is 10. The molecule has 0 fully saturated rings. The molecule has 0 saturated carbocycles. The Labute approximate surface area is 142 Å². The summed E-state index contributed by atoms with van der Waals surface area (Å²) in [4.78, 5) is 58.1. The third kappa shape index (κ3) is 6.28. The van der Waals surface area contributed by atoms with Gasteiger partial charge in [0, 0.05) is 19.5 Å². The average molecular weight is 368 g/mol. The molecule has 0 N–H and O–H groups in total. The van der Waals surface area contributed by atoms with E-state index in [0.29, 0.717) is 0 Å². The third-order valence-corrected chi connectivity index (χ3v) is 5.75. The fourth-order valence-corrected chi connectivity index (χ4v) is 4.93. The maximum absolute atomic E-state index is 10.3. The zero-order valence-electron chi connectivity index (χ0n) is 11.5. The molecular formula is C12H8N4O4S3. The summed E-state index contributed by atoms with van der Waals surface area (Å²) in [5.74, 6) is 0.276. The molecule has 118 valence electrons. The normalized spacial score (nSPS) is 9.04. The van der Waals surface area contributed by atoms with Crippen molar-refractivity contribution < 1.29 is 19.2 Å². The molecule has 1 aromatic rings. The Morgan fingerprint density at radius 1 is 0.696 bits per heavy atom. The van der Waals surface area contributed by atoms with Crippen LogP contribution < -0.4 is 0 Å². The van der Waals surface area contributed by atoms with E-state index in [4.69, 9.17) is 0 Å². The van der Waals surface area contributed by atoms with Crippen molar-refractivity contribution >= 4 is 59.2 Å². The van der Waals surface area contributed by atoms with Crippen molar-refractivity contribution in [2.24, 2.45) is 20.0 Å². The third-order valence-electron chi connectivity index (χ3n) is 2.21. The molecule has 0 aliphatic carbocycles. The molecule has 0 aliphatic heterocycles. The molecule has 23 heavy (non-hydrogen) atoms. The molecule has 0 saturated heterocycles. The molecule has 0 atom stereocenters. The monoisotopic (exact) mass is 368 g/mol. The first-order valence-corrected chi connectivity index (χ1v) is 8.61. The SMILES string of the molecule is O=C=NCSc1c(CN=C=O)sc(CN=C=O)c1SCN=C=O. The number of thiophene rings is 1. The van der Waals surface area contributed by atoms with E-state index in [1.807, 2.05) is 0 Å². The highest BCUT2D eigenvalue weighted by Gasteiger charge is 2.19. The summed E-state index contributed by atoms with van der Waals surface area (Å²) in [6, 6.07) is 0. The molecule has 0 aromatic carbocycles. The minimum absolute atomic E-state index is 0.108. The van der Waals surface area contributed by atoms with Crippen LogP contribution in [0, 0.1) is 0 Å². The lowest BCUT2D eigenvalue weighted by molar-refractivity contribution is 0.562. The number of hydrogen-bond acceptors (Lipinski definition) is 11. The zero-order valence-corrected chi connectivity index (χ0v) is 13.9. The van der Waals surface area contributed by atoms with Crippen LogP contribution in [-0.2, 0) is 32.3 Å². The smallest absolute Gasteiger partial charge is 0.211 e. The highest BCUT2D eigenvalue weighted by atomic mass is 32.2. The van der Waals surface area contributed by atoms with Crippen LogP contribution in [-0.4, -0.2) is 36.1 Å². The Morgan fingerprint density at radius 2 is 1.09 bits per heavy atom. The van der Waals surface area contributed by atoms with Crippen LogP contribution in [0.5, 0.6) is 0 Å². The number of hydrogen-bond donors (Lipinski definition) is 0. The molecule has 0 spiro atoms. The summed E-state index contributed by atoms with van der Waals surface area (Å²) in [7, 11) is 0. The van der Waals surface area contributed by atoms with Gasteiger partial charge in [-0.15, -0.1) is 11.3 Å². The van der Waals surface area contributed by atoms with Crippen LogP contribution in [0.3, 0.4) is 0 Å². The van der Waals surface area contributed by atoms with E-state index >= 15 is 0 Å². The van der Waals surface area contributed by atoms with Crippen LogP contribution in [0.4, 0.5) is 0 Å². The van der Waals surface area contributed by atoms with Gasteiger partial charge in [0.2, 0.25) is 24.3 Å². The second-order valence-corrected chi connectivity index (χ2v) is 6.57. The number of isocyanates is 4. The van der Waals surface area contributed by atoms with Crippen LogP contribution in [0.15, 0.2) is 29.8 Å². The van der Waals surface area contributed by atoms with Gasteiger partial charge in [0.25, 0.3) is 0 Å². The van der Waals surface area contributed by atoms with Gasteiger partial charge in [-0.1, -0.05) is 23.5 Å². The minimum atomic E-state index is 0.108. The second-order valence-electron chi connectivity index (χ2n) is 3.47. The fraction of sp³-hybridized carbons (Fsp3) is 0.333. The first-order valence-electron chi connectivity index (χ1n) is 5.83. The van der Waals surface area contributed by atoms with Crippen LogP contribution in [0.1, 0.15) is 9.75 Å². The first kappa shape index (κ1) is 19.0. The predicted octanol–water partition coefficient (Wildman–Crippen LogP) is 2.19. The van der Waals surface area contributed by atoms with Gasteiger partial charge in [-0.2, -0.15) is 9.98 Å². The van der Waals surface area contributed by atoms with E-state index in [1.54, 1.807) is 0 Å². The lowest BCUT2D eigenvalue weighted by Gasteiger charge is -2.03. The second kappa shape index (κ2) is 11.5. The van der Waals surface area contributed by atoms with Crippen molar-refractivity contribution in [3.8, 4) is 0 Å². The van der Waals surface area contributed by atoms with E-state index < -0.39 is 0 Å². The highest BCUT2D eigenvalue weighted by molar-refractivity contribution is 8.02. The van der Waals surface area contributed by atoms with Crippen molar-refractivity contribution in [1.29, 1.82) is 0 Å². The Balaban J connectivity index is 3.24. The maximum Gasteiger partial charge on any atom is 0.235 e.